The van der Waals surface area contributed by atoms with E-state index in [1.807, 2.05) is 48.9 Å². The van der Waals surface area contributed by atoms with Crippen LogP contribution in [-0.4, -0.2) is 17.7 Å². The molecule has 0 saturated carbocycles. The number of amides is 2. The Labute approximate surface area is 122 Å². The molecule has 1 heterocycles. The number of benzene rings is 1. The molecular weight excluding hydrogens is 272 g/mol. The molecule has 2 rings (SSSR count). The normalized spacial score (nSPS) is 11.9. The second-order valence-corrected chi connectivity index (χ2v) is 5.56. The number of rotatable bonds is 4. The zero-order valence-electron chi connectivity index (χ0n) is 11.5. The highest BCUT2D eigenvalue weighted by Crippen LogP contribution is 2.16. The van der Waals surface area contributed by atoms with Crippen molar-refractivity contribution in [1.82, 2.24) is 5.32 Å². The summed E-state index contributed by atoms with van der Waals surface area (Å²) in [5.74, 6) is 0. The third-order valence-electron chi connectivity index (χ3n) is 2.86. The van der Waals surface area contributed by atoms with E-state index in [0.29, 0.717) is 0 Å². The van der Waals surface area contributed by atoms with Crippen molar-refractivity contribution in [2.75, 3.05) is 11.9 Å². The van der Waals surface area contributed by atoms with E-state index >= 15 is 0 Å². The first-order valence-corrected chi connectivity index (χ1v) is 7.32. The molecular formula is C15H18N2O2S. The van der Waals surface area contributed by atoms with E-state index in [0.717, 1.165) is 22.4 Å². The van der Waals surface area contributed by atoms with E-state index in [4.69, 9.17) is 0 Å². The molecule has 5 heteroatoms. The quantitative estimate of drug-likeness (QED) is 0.809. The van der Waals surface area contributed by atoms with Gasteiger partial charge in [0.05, 0.1) is 6.10 Å². The van der Waals surface area contributed by atoms with Gasteiger partial charge in [-0.25, -0.2) is 4.79 Å². The molecule has 0 aliphatic rings. The average molecular weight is 290 g/mol. The number of hydrogen-bond acceptors (Lipinski definition) is 3. The Morgan fingerprint density at radius 2 is 2.00 bits per heavy atom. The smallest absolute Gasteiger partial charge is 0.319 e. The largest absolute Gasteiger partial charge is 0.387 e. The summed E-state index contributed by atoms with van der Waals surface area (Å²) in [6.45, 7) is 4.15. The summed E-state index contributed by atoms with van der Waals surface area (Å²) in [6.07, 6.45) is -0.675. The topological polar surface area (TPSA) is 61.4 Å². The molecule has 0 aliphatic carbocycles. The van der Waals surface area contributed by atoms with Gasteiger partial charge < -0.3 is 15.7 Å². The Bertz CT molecular complexity index is 561. The predicted octanol–water partition coefficient (Wildman–Crippen LogP) is 3.22. The van der Waals surface area contributed by atoms with Crippen molar-refractivity contribution in [3.8, 4) is 0 Å². The van der Waals surface area contributed by atoms with Gasteiger partial charge in [0.1, 0.15) is 0 Å². The van der Waals surface area contributed by atoms with Gasteiger partial charge >= 0.3 is 6.03 Å². The summed E-state index contributed by atoms with van der Waals surface area (Å²) < 4.78 is 0. The maximum Gasteiger partial charge on any atom is 0.319 e. The maximum atomic E-state index is 11.8. The van der Waals surface area contributed by atoms with Crippen LogP contribution in [0.1, 0.15) is 22.8 Å². The summed E-state index contributed by atoms with van der Waals surface area (Å²) in [5, 5.41) is 19.1. The Morgan fingerprint density at radius 1 is 1.30 bits per heavy atom. The Kier molecular flexibility index (Phi) is 4.76. The molecule has 1 aromatic heterocycles. The van der Waals surface area contributed by atoms with Gasteiger partial charge in [-0.1, -0.05) is 6.07 Å². The minimum atomic E-state index is -0.675. The van der Waals surface area contributed by atoms with Crippen molar-refractivity contribution in [3.05, 3.63) is 51.7 Å². The van der Waals surface area contributed by atoms with Crippen LogP contribution in [0.4, 0.5) is 10.5 Å². The highest BCUT2D eigenvalue weighted by molar-refractivity contribution is 7.07. The molecule has 0 bridgehead atoms. The van der Waals surface area contributed by atoms with Crippen LogP contribution in [-0.2, 0) is 0 Å². The van der Waals surface area contributed by atoms with Crippen molar-refractivity contribution >= 4 is 23.1 Å². The molecule has 0 aliphatic heterocycles. The predicted molar refractivity (Wildman–Crippen MR) is 82.2 cm³/mol. The number of carbonyl (C=O) groups excluding carboxylic acids is 1. The van der Waals surface area contributed by atoms with E-state index in [2.05, 4.69) is 10.6 Å². The highest BCUT2D eigenvalue weighted by Gasteiger charge is 2.10. The lowest BCUT2D eigenvalue weighted by atomic mass is 10.1. The summed E-state index contributed by atoms with van der Waals surface area (Å²) in [7, 11) is 0. The van der Waals surface area contributed by atoms with Crippen LogP contribution in [0.3, 0.4) is 0 Å². The molecule has 1 unspecified atom stereocenters. The van der Waals surface area contributed by atoms with Crippen molar-refractivity contribution in [2.24, 2.45) is 0 Å². The molecule has 20 heavy (non-hydrogen) atoms. The summed E-state index contributed by atoms with van der Waals surface area (Å²) >= 11 is 1.52. The molecule has 106 valence electrons. The third-order valence-corrected chi connectivity index (χ3v) is 3.56. The minimum absolute atomic E-state index is 0.188. The second kappa shape index (κ2) is 6.54. The Hall–Kier alpha value is -1.85. The zero-order valence-corrected chi connectivity index (χ0v) is 12.3. The molecule has 4 nitrogen and oxygen atoms in total. The Balaban J connectivity index is 1.86. The third kappa shape index (κ3) is 4.08. The summed E-state index contributed by atoms with van der Waals surface area (Å²) in [6, 6.07) is 7.38. The van der Waals surface area contributed by atoms with E-state index in [-0.39, 0.29) is 12.6 Å². The number of hydrogen-bond donors (Lipinski definition) is 3. The molecule has 1 aromatic carbocycles. The summed E-state index contributed by atoms with van der Waals surface area (Å²) in [5.41, 5.74) is 3.77. The van der Waals surface area contributed by atoms with E-state index in [1.54, 1.807) is 0 Å². The molecule has 0 spiro atoms. The first kappa shape index (κ1) is 14.6. The maximum absolute atomic E-state index is 11.8. The van der Waals surface area contributed by atoms with Gasteiger partial charge in [0.25, 0.3) is 0 Å². The van der Waals surface area contributed by atoms with Crippen LogP contribution in [0, 0.1) is 13.8 Å². The minimum Gasteiger partial charge on any atom is -0.387 e. The molecule has 2 aromatic rings. The fourth-order valence-electron chi connectivity index (χ4n) is 1.99. The first-order valence-electron chi connectivity index (χ1n) is 6.38. The highest BCUT2D eigenvalue weighted by atomic mass is 32.1. The molecule has 2 amide bonds. The standard InChI is InChI=1S/C15H18N2O2S/c1-10-5-11(2)7-13(6-10)17-15(19)16-8-14(18)12-3-4-20-9-12/h3-7,9,14,18H,8H2,1-2H3,(H2,16,17,19). The van der Waals surface area contributed by atoms with Crippen molar-refractivity contribution in [2.45, 2.75) is 20.0 Å². The zero-order chi connectivity index (χ0) is 14.5. The number of thiophene rings is 1. The van der Waals surface area contributed by atoms with Gasteiger partial charge in [-0.3, -0.25) is 0 Å². The number of aliphatic hydroxyl groups excluding tert-OH is 1. The van der Waals surface area contributed by atoms with Gasteiger partial charge in [-0.05, 0) is 59.5 Å². The van der Waals surface area contributed by atoms with Crippen LogP contribution < -0.4 is 10.6 Å². The van der Waals surface area contributed by atoms with Gasteiger partial charge in [-0.2, -0.15) is 11.3 Å². The summed E-state index contributed by atoms with van der Waals surface area (Å²) in [4.78, 5) is 11.8. The number of anilines is 1. The van der Waals surface area contributed by atoms with E-state index < -0.39 is 6.10 Å². The van der Waals surface area contributed by atoms with Crippen LogP contribution in [0.25, 0.3) is 0 Å². The molecule has 0 radical (unpaired) electrons. The van der Waals surface area contributed by atoms with Crippen LogP contribution in [0.5, 0.6) is 0 Å². The van der Waals surface area contributed by atoms with E-state index in [9.17, 15) is 9.90 Å². The fraction of sp³-hybridized carbons (Fsp3) is 0.267. The van der Waals surface area contributed by atoms with Crippen LogP contribution >= 0.6 is 11.3 Å². The van der Waals surface area contributed by atoms with Gasteiger partial charge in [0.2, 0.25) is 0 Å². The number of urea groups is 1. The lowest BCUT2D eigenvalue weighted by molar-refractivity contribution is 0.175. The first-order chi connectivity index (χ1) is 9.54. The monoisotopic (exact) mass is 290 g/mol. The van der Waals surface area contributed by atoms with Crippen molar-refractivity contribution in [3.63, 3.8) is 0 Å². The second-order valence-electron chi connectivity index (χ2n) is 4.78. The van der Waals surface area contributed by atoms with Crippen molar-refractivity contribution < 1.29 is 9.90 Å². The van der Waals surface area contributed by atoms with Crippen molar-refractivity contribution in [1.29, 1.82) is 0 Å². The SMILES string of the molecule is Cc1cc(C)cc(NC(=O)NCC(O)c2ccsc2)c1. The average Bonchev–Trinajstić information content (AvgIpc) is 2.88. The molecule has 3 N–H and O–H groups in total. The molecule has 0 saturated heterocycles. The lowest BCUT2D eigenvalue weighted by Crippen LogP contribution is -2.32. The molecule has 1 atom stereocenters. The van der Waals surface area contributed by atoms with E-state index in [1.165, 1.54) is 11.3 Å². The van der Waals surface area contributed by atoms with Gasteiger partial charge in [0, 0.05) is 12.2 Å². The lowest BCUT2D eigenvalue weighted by Gasteiger charge is -2.12. The fourth-order valence-corrected chi connectivity index (χ4v) is 2.70. The van der Waals surface area contributed by atoms with Crippen LogP contribution in [0.15, 0.2) is 35.0 Å². The number of nitrogens with one attached hydrogen (secondary N) is 2. The number of aryl methyl sites for hydroxylation is 2. The Morgan fingerprint density at radius 3 is 2.60 bits per heavy atom. The molecule has 0 fully saturated rings. The number of aliphatic hydroxyl groups is 1. The van der Waals surface area contributed by atoms with Crippen LogP contribution in [0.2, 0.25) is 0 Å². The van der Waals surface area contributed by atoms with Gasteiger partial charge in [0.15, 0.2) is 0 Å². The number of carbonyl (C=O) groups is 1. The van der Waals surface area contributed by atoms with Gasteiger partial charge in [-0.15, -0.1) is 0 Å².